The van der Waals surface area contributed by atoms with Gasteiger partial charge in [-0.05, 0) is 84.4 Å². The Bertz CT molecular complexity index is 3350. The molecule has 0 radical (unpaired) electrons. The Balaban J connectivity index is 1.09. The van der Waals surface area contributed by atoms with Crippen LogP contribution in [-0.4, -0.2) is 13.7 Å². The number of fused-ring (bicyclic) bond motifs is 9. The van der Waals surface area contributed by atoms with Gasteiger partial charge in [-0.15, -0.1) is 0 Å². The summed E-state index contributed by atoms with van der Waals surface area (Å²) in [5.41, 5.74) is 13.0. The van der Waals surface area contributed by atoms with Gasteiger partial charge in [0, 0.05) is 54.9 Å². The van der Waals surface area contributed by atoms with Crippen molar-refractivity contribution in [1.29, 1.82) is 5.26 Å². The molecular weight excluding hydrogens is 671 g/mol. The quantitative estimate of drug-likeness (QED) is 0.169. The van der Waals surface area contributed by atoms with Gasteiger partial charge < -0.3 is 13.7 Å². The predicted octanol–water partition coefficient (Wildman–Crippen LogP) is 13.1. The fourth-order valence-electron chi connectivity index (χ4n) is 8.69. The molecule has 0 spiro atoms. The SMILES string of the molecule is [C-]#[N+]c1ccc(-c2ccc(-n3c4ccc(C#N)cc4c4cc(-n5c6ccccc6c6ccccc65)ccc43)cc2)c(-n2c3ccccc3c3ccccc32)c1. The summed E-state index contributed by atoms with van der Waals surface area (Å²) in [5, 5.41) is 16.8. The first-order valence-electron chi connectivity index (χ1n) is 18.3. The minimum Gasteiger partial charge on any atom is -0.310 e. The molecule has 0 bridgehead atoms. The molecule has 11 rings (SSSR count). The van der Waals surface area contributed by atoms with Crippen molar-refractivity contribution in [2.75, 3.05) is 0 Å². The van der Waals surface area contributed by atoms with Gasteiger partial charge in [0.05, 0.1) is 51.3 Å². The van der Waals surface area contributed by atoms with E-state index in [9.17, 15) is 5.26 Å². The maximum Gasteiger partial charge on any atom is 0.189 e. The normalized spacial score (nSPS) is 11.6. The Kier molecular flexibility index (Phi) is 6.61. The minimum absolute atomic E-state index is 0.597. The summed E-state index contributed by atoms with van der Waals surface area (Å²) in [7, 11) is 0. The number of rotatable bonds is 4. The van der Waals surface area contributed by atoms with Crippen LogP contribution in [0, 0.1) is 17.9 Å². The van der Waals surface area contributed by atoms with Crippen LogP contribution in [0.25, 0.3) is 98.5 Å². The fourth-order valence-corrected chi connectivity index (χ4v) is 8.69. The first-order valence-corrected chi connectivity index (χ1v) is 18.3. The minimum atomic E-state index is 0.597. The number of benzene rings is 8. The van der Waals surface area contributed by atoms with Gasteiger partial charge >= 0.3 is 0 Å². The fraction of sp³-hybridized carbons (Fsp3) is 0. The molecule has 5 heteroatoms. The second-order valence-corrected chi connectivity index (χ2v) is 14.0. The van der Waals surface area contributed by atoms with Crippen LogP contribution in [0.4, 0.5) is 5.69 Å². The van der Waals surface area contributed by atoms with E-state index in [1.54, 1.807) is 0 Å². The third-order valence-electron chi connectivity index (χ3n) is 11.1. The molecule has 0 aliphatic carbocycles. The molecule has 254 valence electrons. The zero-order valence-corrected chi connectivity index (χ0v) is 29.5. The van der Waals surface area contributed by atoms with E-state index in [0.29, 0.717) is 11.3 Å². The Morgan fingerprint density at radius 1 is 0.418 bits per heavy atom. The topological polar surface area (TPSA) is 42.9 Å². The lowest BCUT2D eigenvalue weighted by Gasteiger charge is -2.16. The average Bonchev–Trinajstić information content (AvgIpc) is 3.89. The molecule has 0 saturated heterocycles. The van der Waals surface area contributed by atoms with Gasteiger partial charge in [0.1, 0.15) is 0 Å². The summed E-state index contributed by atoms with van der Waals surface area (Å²) in [4.78, 5) is 3.82. The van der Waals surface area contributed by atoms with E-state index in [-0.39, 0.29) is 0 Å². The lowest BCUT2D eigenvalue weighted by Crippen LogP contribution is -1.98. The molecule has 0 amide bonds. The van der Waals surface area contributed by atoms with Crippen LogP contribution >= 0.6 is 0 Å². The highest BCUT2D eigenvalue weighted by Crippen LogP contribution is 2.40. The summed E-state index contributed by atoms with van der Waals surface area (Å²) in [6, 6.07) is 63.7. The molecular formula is C50H29N5. The highest BCUT2D eigenvalue weighted by Gasteiger charge is 2.19. The highest BCUT2D eigenvalue weighted by molar-refractivity contribution is 6.13. The Hall–Kier alpha value is -7.86. The van der Waals surface area contributed by atoms with Gasteiger partial charge in [-0.25, -0.2) is 4.85 Å². The van der Waals surface area contributed by atoms with Crippen molar-refractivity contribution in [2.45, 2.75) is 0 Å². The molecule has 3 heterocycles. The van der Waals surface area contributed by atoms with Crippen LogP contribution < -0.4 is 0 Å². The number of nitriles is 1. The molecule has 5 nitrogen and oxygen atoms in total. The zero-order valence-electron chi connectivity index (χ0n) is 29.5. The third-order valence-corrected chi connectivity index (χ3v) is 11.1. The zero-order chi connectivity index (χ0) is 36.6. The number of para-hydroxylation sites is 4. The predicted molar refractivity (Wildman–Crippen MR) is 226 cm³/mol. The summed E-state index contributed by atoms with van der Waals surface area (Å²) in [5.74, 6) is 0. The van der Waals surface area contributed by atoms with Crippen molar-refractivity contribution >= 4 is 71.1 Å². The molecule has 0 unspecified atom stereocenters. The van der Waals surface area contributed by atoms with Crippen LogP contribution in [0.5, 0.6) is 0 Å². The van der Waals surface area contributed by atoms with Gasteiger partial charge in [0.2, 0.25) is 0 Å². The maximum atomic E-state index is 9.94. The summed E-state index contributed by atoms with van der Waals surface area (Å²) < 4.78 is 6.92. The van der Waals surface area contributed by atoms with E-state index in [4.69, 9.17) is 6.57 Å². The third kappa shape index (κ3) is 4.51. The maximum absolute atomic E-state index is 9.94. The smallest absolute Gasteiger partial charge is 0.189 e. The molecule has 0 aliphatic heterocycles. The number of nitrogens with zero attached hydrogens (tertiary/aromatic N) is 5. The summed E-state index contributed by atoms with van der Waals surface area (Å²) in [6.07, 6.45) is 0. The molecule has 55 heavy (non-hydrogen) atoms. The van der Waals surface area contributed by atoms with E-state index in [0.717, 1.165) is 72.1 Å². The number of hydrogen-bond donors (Lipinski definition) is 0. The molecule has 3 aromatic heterocycles. The van der Waals surface area contributed by atoms with E-state index >= 15 is 0 Å². The lowest BCUT2D eigenvalue weighted by molar-refractivity contribution is 1.16. The van der Waals surface area contributed by atoms with E-state index in [1.807, 2.05) is 24.3 Å². The first kappa shape index (κ1) is 30.7. The van der Waals surface area contributed by atoms with Gasteiger partial charge in [-0.1, -0.05) is 97.1 Å². The van der Waals surface area contributed by atoms with Crippen LogP contribution in [0.2, 0.25) is 0 Å². The summed E-state index contributed by atoms with van der Waals surface area (Å²) in [6.45, 7) is 7.85. The molecule has 0 atom stereocenters. The molecule has 8 aromatic carbocycles. The first-order chi connectivity index (χ1) is 27.2. The van der Waals surface area contributed by atoms with Crippen molar-refractivity contribution in [3.05, 3.63) is 193 Å². The Morgan fingerprint density at radius 3 is 1.45 bits per heavy atom. The van der Waals surface area contributed by atoms with Crippen molar-refractivity contribution < 1.29 is 0 Å². The average molecular weight is 700 g/mol. The van der Waals surface area contributed by atoms with Crippen molar-refractivity contribution in [3.63, 3.8) is 0 Å². The van der Waals surface area contributed by atoms with Crippen LogP contribution in [0.3, 0.4) is 0 Å². The Labute approximate surface area is 316 Å². The van der Waals surface area contributed by atoms with E-state index in [1.165, 1.54) is 21.5 Å². The van der Waals surface area contributed by atoms with E-state index in [2.05, 4.69) is 176 Å². The molecule has 0 N–H and O–H groups in total. The largest absolute Gasteiger partial charge is 0.310 e. The highest BCUT2D eigenvalue weighted by atomic mass is 15.0. The van der Waals surface area contributed by atoms with Crippen LogP contribution in [0.15, 0.2) is 176 Å². The number of aromatic nitrogens is 3. The molecule has 0 fully saturated rings. The van der Waals surface area contributed by atoms with Gasteiger partial charge in [-0.3, -0.25) is 0 Å². The van der Waals surface area contributed by atoms with Crippen LogP contribution in [0.1, 0.15) is 5.56 Å². The molecule has 0 saturated carbocycles. The molecule has 11 aromatic rings. The van der Waals surface area contributed by atoms with Crippen molar-refractivity contribution in [1.82, 2.24) is 13.7 Å². The van der Waals surface area contributed by atoms with Crippen molar-refractivity contribution in [3.8, 4) is 34.3 Å². The second-order valence-electron chi connectivity index (χ2n) is 14.0. The van der Waals surface area contributed by atoms with Crippen LogP contribution in [-0.2, 0) is 0 Å². The molecule has 0 aliphatic rings. The second kappa shape index (κ2) is 11.8. The standard InChI is InChI=1S/C50H29N5/c1-52-34-21-25-37(50(29-34)55-46-16-8-4-12-40(46)41-13-5-9-17-47(41)55)33-19-22-35(23-20-33)53-48-26-18-32(31-51)28-42(48)43-30-36(24-27-49(43)53)54-44-14-6-2-10-38(44)39-11-3-7-15-45(39)54/h2-30H. The number of hydrogen-bond acceptors (Lipinski definition) is 1. The van der Waals surface area contributed by atoms with E-state index < -0.39 is 0 Å². The van der Waals surface area contributed by atoms with Gasteiger partial charge in [0.25, 0.3) is 0 Å². The lowest BCUT2D eigenvalue weighted by atomic mass is 10.0. The summed E-state index contributed by atoms with van der Waals surface area (Å²) >= 11 is 0. The monoisotopic (exact) mass is 699 g/mol. The van der Waals surface area contributed by atoms with Gasteiger partial charge in [-0.2, -0.15) is 5.26 Å². The Morgan fingerprint density at radius 2 is 0.891 bits per heavy atom. The van der Waals surface area contributed by atoms with Crippen molar-refractivity contribution in [2.24, 2.45) is 0 Å². The van der Waals surface area contributed by atoms with Gasteiger partial charge in [0.15, 0.2) is 5.69 Å².